The zero-order valence-corrected chi connectivity index (χ0v) is 18.4. The molecule has 1 atom stereocenters. The lowest BCUT2D eigenvalue weighted by molar-refractivity contribution is 0.469. The normalized spacial score (nSPS) is 15.8. The van der Waals surface area contributed by atoms with Gasteiger partial charge < -0.3 is 10.0 Å². The Hall–Kier alpha value is -3.99. The predicted octanol–water partition coefficient (Wildman–Crippen LogP) is 4.95. The lowest BCUT2D eigenvalue weighted by Gasteiger charge is -2.17. The summed E-state index contributed by atoms with van der Waals surface area (Å²) >= 11 is 0. The number of benzene rings is 1. The SMILES string of the molecule is CCC1CCN(c2ccc(-c3[nH]nc4nc(-c5ccc(O)cc5F)c(C#N)c(C)c34)cn2)C1. The molecule has 1 unspecified atom stereocenters. The first-order valence-corrected chi connectivity index (χ1v) is 11.0. The summed E-state index contributed by atoms with van der Waals surface area (Å²) in [5.41, 5.74) is 3.21. The molecule has 5 rings (SSSR count). The number of phenols is 1. The van der Waals surface area contributed by atoms with E-state index in [2.05, 4.69) is 38.1 Å². The monoisotopic (exact) mass is 442 g/mol. The van der Waals surface area contributed by atoms with Crippen LogP contribution in [0.5, 0.6) is 5.75 Å². The molecule has 3 aromatic heterocycles. The first-order chi connectivity index (χ1) is 16.0. The van der Waals surface area contributed by atoms with Gasteiger partial charge in [-0.2, -0.15) is 10.4 Å². The van der Waals surface area contributed by atoms with Gasteiger partial charge in [-0.15, -0.1) is 0 Å². The number of nitrogens with one attached hydrogen (secondary N) is 1. The predicted molar refractivity (Wildman–Crippen MR) is 124 cm³/mol. The van der Waals surface area contributed by atoms with Crippen LogP contribution < -0.4 is 4.90 Å². The molecule has 0 aliphatic carbocycles. The van der Waals surface area contributed by atoms with Crippen molar-refractivity contribution in [2.24, 2.45) is 5.92 Å². The number of hydrogen-bond donors (Lipinski definition) is 2. The number of anilines is 1. The molecule has 0 saturated carbocycles. The van der Waals surface area contributed by atoms with Crippen molar-refractivity contribution in [1.82, 2.24) is 20.2 Å². The number of halogens is 1. The quantitative estimate of drug-likeness (QED) is 0.464. The summed E-state index contributed by atoms with van der Waals surface area (Å²) in [6.07, 6.45) is 4.18. The number of fused-ring (bicyclic) bond motifs is 1. The van der Waals surface area contributed by atoms with E-state index in [1.54, 1.807) is 13.1 Å². The number of rotatable bonds is 4. The molecule has 1 aromatic carbocycles. The Morgan fingerprint density at radius 2 is 2.15 bits per heavy atom. The van der Waals surface area contributed by atoms with Gasteiger partial charge in [-0.05, 0) is 49.1 Å². The number of aromatic amines is 1. The molecule has 1 aliphatic heterocycles. The minimum Gasteiger partial charge on any atom is -0.508 e. The van der Waals surface area contributed by atoms with E-state index in [9.17, 15) is 14.8 Å². The Kier molecular flexibility index (Phi) is 5.17. The number of aryl methyl sites for hydroxylation is 1. The molecule has 2 N–H and O–H groups in total. The number of H-pyrrole nitrogens is 1. The van der Waals surface area contributed by atoms with Gasteiger partial charge in [0.2, 0.25) is 0 Å². The van der Waals surface area contributed by atoms with Gasteiger partial charge >= 0.3 is 0 Å². The third-order valence-corrected chi connectivity index (χ3v) is 6.50. The van der Waals surface area contributed by atoms with Crippen LogP contribution in [0.3, 0.4) is 0 Å². The highest BCUT2D eigenvalue weighted by Gasteiger charge is 2.23. The van der Waals surface area contributed by atoms with E-state index < -0.39 is 5.82 Å². The average Bonchev–Trinajstić information content (AvgIpc) is 3.47. The first kappa shape index (κ1) is 20.9. The van der Waals surface area contributed by atoms with E-state index in [0.717, 1.165) is 36.2 Å². The van der Waals surface area contributed by atoms with Gasteiger partial charge in [0.25, 0.3) is 0 Å². The summed E-state index contributed by atoms with van der Waals surface area (Å²) in [6.45, 7) is 6.08. The van der Waals surface area contributed by atoms with Gasteiger partial charge in [0, 0.05) is 36.5 Å². The molecular formula is C25H23FN6O. The van der Waals surface area contributed by atoms with E-state index >= 15 is 0 Å². The zero-order chi connectivity index (χ0) is 23.1. The van der Waals surface area contributed by atoms with Crippen LogP contribution in [0.2, 0.25) is 0 Å². The summed E-state index contributed by atoms with van der Waals surface area (Å²) in [5, 5.41) is 27.4. The molecule has 0 amide bonds. The van der Waals surface area contributed by atoms with Gasteiger partial charge in [0.15, 0.2) is 5.65 Å². The van der Waals surface area contributed by atoms with Gasteiger partial charge in [-0.3, -0.25) is 5.10 Å². The van der Waals surface area contributed by atoms with Crippen molar-refractivity contribution in [1.29, 1.82) is 5.26 Å². The maximum absolute atomic E-state index is 14.5. The van der Waals surface area contributed by atoms with Gasteiger partial charge in [0.1, 0.15) is 23.5 Å². The zero-order valence-electron chi connectivity index (χ0n) is 18.4. The van der Waals surface area contributed by atoms with Crippen LogP contribution in [-0.4, -0.2) is 38.4 Å². The molecule has 0 bridgehead atoms. The molecule has 0 radical (unpaired) electrons. The second-order valence-corrected chi connectivity index (χ2v) is 8.45. The third kappa shape index (κ3) is 3.55. The van der Waals surface area contributed by atoms with Gasteiger partial charge in [-0.1, -0.05) is 13.3 Å². The summed E-state index contributed by atoms with van der Waals surface area (Å²) in [6, 6.07) is 9.95. The minimum absolute atomic E-state index is 0.140. The fraction of sp³-hybridized carbons (Fsp3) is 0.280. The number of aromatic hydroxyl groups is 1. The van der Waals surface area contributed by atoms with Crippen LogP contribution in [0.4, 0.5) is 10.2 Å². The van der Waals surface area contributed by atoms with E-state index in [1.807, 2.05) is 12.1 Å². The van der Waals surface area contributed by atoms with Crippen molar-refractivity contribution in [3.63, 3.8) is 0 Å². The lowest BCUT2D eigenvalue weighted by Crippen LogP contribution is -2.20. The number of pyridine rings is 2. The Morgan fingerprint density at radius 3 is 2.82 bits per heavy atom. The van der Waals surface area contributed by atoms with Crippen LogP contribution in [0.15, 0.2) is 36.5 Å². The van der Waals surface area contributed by atoms with E-state index in [4.69, 9.17) is 0 Å². The molecule has 1 fully saturated rings. The highest BCUT2D eigenvalue weighted by atomic mass is 19.1. The number of phenolic OH excluding ortho intramolecular Hbond substituents is 1. The molecule has 1 saturated heterocycles. The molecule has 7 nitrogen and oxygen atoms in total. The Labute approximate surface area is 190 Å². The second kappa shape index (κ2) is 8.17. The van der Waals surface area contributed by atoms with Crippen molar-refractivity contribution in [3.05, 3.63) is 53.5 Å². The number of hydrogen-bond acceptors (Lipinski definition) is 6. The molecule has 33 heavy (non-hydrogen) atoms. The Morgan fingerprint density at radius 1 is 1.30 bits per heavy atom. The van der Waals surface area contributed by atoms with Crippen molar-refractivity contribution in [2.75, 3.05) is 18.0 Å². The number of aromatic nitrogens is 4. The van der Waals surface area contributed by atoms with Gasteiger partial charge in [0.05, 0.1) is 22.3 Å². The summed E-state index contributed by atoms with van der Waals surface area (Å²) < 4.78 is 14.5. The van der Waals surface area contributed by atoms with Crippen LogP contribution in [0.25, 0.3) is 33.5 Å². The molecule has 4 heterocycles. The first-order valence-electron chi connectivity index (χ1n) is 11.0. The highest BCUT2D eigenvalue weighted by molar-refractivity contribution is 5.96. The molecular weight excluding hydrogens is 419 g/mol. The summed E-state index contributed by atoms with van der Waals surface area (Å²) in [5.74, 6) is 0.829. The number of nitriles is 1. The van der Waals surface area contributed by atoms with Crippen LogP contribution in [-0.2, 0) is 0 Å². The molecule has 0 spiro atoms. The lowest BCUT2D eigenvalue weighted by atomic mass is 9.98. The second-order valence-electron chi connectivity index (χ2n) is 8.45. The standard InChI is InChI=1S/C25H23FN6O/c1-3-15-8-9-32(13-15)21-7-4-16(12-28-21)23-22-14(2)19(11-27)24(29-25(22)31-30-23)18-6-5-17(33)10-20(18)26/h4-7,10,12,15,33H,3,8-9,13H2,1-2H3,(H,29,30,31). The molecule has 1 aliphatic rings. The van der Waals surface area contributed by atoms with Crippen molar-refractivity contribution in [2.45, 2.75) is 26.7 Å². The fourth-order valence-corrected chi connectivity index (χ4v) is 4.56. The largest absolute Gasteiger partial charge is 0.508 e. The number of nitrogens with zero attached hydrogens (tertiary/aromatic N) is 5. The summed E-state index contributed by atoms with van der Waals surface area (Å²) in [7, 11) is 0. The van der Waals surface area contributed by atoms with Crippen LogP contribution in [0.1, 0.15) is 30.9 Å². The summed E-state index contributed by atoms with van der Waals surface area (Å²) in [4.78, 5) is 11.5. The maximum atomic E-state index is 14.5. The fourth-order valence-electron chi connectivity index (χ4n) is 4.56. The minimum atomic E-state index is -0.652. The average molecular weight is 442 g/mol. The maximum Gasteiger partial charge on any atom is 0.182 e. The molecule has 4 aromatic rings. The third-order valence-electron chi connectivity index (χ3n) is 6.50. The van der Waals surface area contributed by atoms with Crippen LogP contribution >= 0.6 is 0 Å². The van der Waals surface area contributed by atoms with Crippen molar-refractivity contribution in [3.8, 4) is 34.3 Å². The van der Waals surface area contributed by atoms with Gasteiger partial charge in [-0.25, -0.2) is 14.4 Å². The highest BCUT2D eigenvalue weighted by Crippen LogP contribution is 2.35. The van der Waals surface area contributed by atoms with Crippen molar-refractivity contribution < 1.29 is 9.50 Å². The molecule has 8 heteroatoms. The smallest absolute Gasteiger partial charge is 0.182 e. The van der Waals surface area contributed by atoms with Crippen molar-refractivity contribution >= 4 is 16.9 Å². The van der Waals surface area contributed by atoms with E-state index in [1.165, 1.54) is 25.0 Å². The Bertz CT molecular complexity index is 1390. The van der Waals surface area contributed by atoms with Crippen LogP contribution in [0, 0.1) is 30.0 Å². The van der Waals surface area contributed by atoms with E-state index in [0.29, 0.717) is 22.5 Å². The Balaban J connectivity index is 1.56. The van der Waals surface area contributed by atoms with E-state index in [-0.39, 0.29) is 22.6 Å². The molecule has 166 valence electrons. The topological polar surface area (TPSA) is 102 Å².